The SMILES string of the molecule is COc1ccc(NC(=O)NC(=O)COC(=O)C23CC4CC(CC(Br)(C4)C2)C3)cc1. The van der Waals surface area contributed by atoms with Crippen LogP contribution in [-0.4, -0.2) is 35.9 Å². The zero-order chi connectivity index (χ0) is 20.6. The molecule has 0 heterocycles. The van der Waals surface area contributed by atoms with Crippen LogP contribution in [0.25, 0.3) is 0 Å². The lowest BCUT2D eigenvalue weighted by Crippen LogP contribution is -2.56. The van der Waals surface area contributed by atoms with E-state index in [9.17, 15) is 14.4 Å². The number of rotatable bonds is 5. The summed E-state index contributed by atoms with van der Waals surface area (Å²) in [5.74, 6) is 0.803. The molecule has 2 unspecified atom stereocenters. The maximum absolute atomic E-state index is 12.8. The smallest absolute Gasteiger partial charge is 0.325 e. The topological polar surface area (TPSA) is 93.7 Å². The number of hydrogen-bond acceptors (Lipinski definition) is 5. The van der Waals surface area contributed by atoms with Crippen molar-refractivity contribution in [1.82, 2.24) is 5.32 Å². The van der Waals surface area contributed by atoms with Crippen LogP contribution < -0.4 is 15.4 Å². The fourth-order valence-corrected chi connectivity index (χ4v) is 7.13. The molecule has 1 aromatic rings. The molecule has 4 saturated carbocycles. The molecule has 156 valence electrons. The van der Waals surface area contributed by atoms with Crippen molar-refractivity contribution in [3.05, 3.63) is 24.3 Å². The summed E-state index contributed by atoms with van der Waals surface area (Å²) >= 11 is 3.87. The molecule has 3 amide bonds. The Morgan fingerprint density at radius 2 is 1.76 bits per heavy atom. The molecular formula is C21H25BrN2O5. The first-order valence-corrected chi connectivity index (χ1v) is 10.7. The standard InChI is InChI=1S/C21H25BrN2O5/c1-28-16-4-2-15(3-5-16)23-19(27)24-17(25)11-29-18(26)20-7-13-6-14(8-20)10-21(22,9-13)12-20/h2-5,13-14H,6-12H2,1H3,(H2,23,24,25,27). The molecule has 4 aliphatic rings. The Hall–Kier alpha value is -2.09. The Kier molecular flexibility index (Phi) is 5.31. The second kappa shape index (κ2) is 7.63. The molecule has 0 saturated heterocycles. The molecule has 4 aliphatic carbocycles. The van der Waals surface area contributed by atoms with Gasteiger partial charge in [0, 0.05) is 10.0 Å². The zero-order valence-electron chi connectivity index (χ0n) is 16.3. The highest BCUT2D eigenvalue weighted by molar-refractivity contribution is 9.10. The molecule has 0 radical (unpaired) electrons. The summed E-state index contributed by atoms with van der Waals surface area (Å²) in [5, 5.41) is 4.74. The first-order chi connectivity index (χ1) is 13.8. The maximum atomic E-state index is 12.8. The number of urea groups is 1. The van der Waals surface area contributed by atoms with Gasteiger partial charge in [0.1, 0.15) is 5.75 Å². The monoisotopic (exact) mass is 464 g/mol. The third kappa shape index (κ3) is 4.27. The minimum Gasteiger partial charge on any atom is -0.497 e. The first kappa shape index (κ1) is 20.2. The van der Waals surface area contributed by atoms with Gasteiger partial charge in [0.05, 0.1) is 12.5 Å². The largest absolute Gasteiger partial charge is 0.497 e. The highest BCUT2D eigenvalue weighted by atomic mass is 79.9. The van der Waals surface area contributed by atoms with Crippen LogP contribution in [0.4, 0.5) is 10.5 Å². The number of halogens is 1. The van der Waals surface area contributed by atoms with Crippen molar-refractivity contribution in [2.75, 3.05) is 19.0 Å². The Balaban J connectivity index is 1.27. The number of methoxy groups -OCH3 is 1. The summed E-state index contributed by atoms with van der Waals surface area (Å²) in [5.41, 5.74) is 0.0310. The summed E-state index contributed by atoms with van der Waals surface area (Å²) in [6, 6.07) is 6.03. The predicted molar refractivity (Wildman–Crippen MR) is 110 cm³/mol. The molecular weight excluding hydrogens is 440 g/mol. The van der Waals surface area contributed by atoms with E-state index in [2.05, 4.69) is 26.6 Å². The minimum atomic E-state index is -0.676. The van der Waals surface area contributed by atoms with Crippen molar-refractivity contribution in [1.29, 1.82) is 0 Å². The van der Waals surface area contributed by atoms with Gasteiger partial charge in [0.2, 0.25) is 0 Å². The Morgan fingerprint density at radius 1 is 1.10 bits per heavy atom. The molecule has 0 aliphatic heterocycles. The summed E-state index contributed by atoms with van der Waals surface area (Å²) in [4.78, 5) is 36.9. The number of esters is 1. The third-order valence-corrected chi connectivity index (χ3v) is 7.29. The van der Waals surface area contributed by atoms with Gasteiger partial charge in [-0.15, -0.1) is 0 Å². The quantitative estimate of drug-likeness (QED) is 0.512. The van der Waals surface area contributed by atoms with Gasteiger partial charge < -0.3 is 14.8 Å². The zero-order valence-corrected chi connectivity index (χ0v) is 17.9. The molecule has 8 heteroatoms. The van der Waals surface area contributed by atoms with Crippen molar-refractivity contribution in [2.24, 2.45) is 17.3 Å². The van der Waals surface area contributed by atoms with Crippen LogP contribution in [0.15, 0.2) is 24.3 Å². The van der Waals surface area contributed by atoms with E-state index < -0.39 is 24.0 Å². The van der Waals surface area contributed by atoms with E-state index >= 15 is 0 Å². The highest BCUT2D eigenvalue weighted by Gasteiger charge is 2.60. The van der Waals surface area contributed by atoms with E-state index in [0.29, 0.717) is 23.3 Å². The molecule has 2 N–H and O–H groups in total. The van der Waals surface area contributed by atoms with E-state index in [4.69, 9.17) is 9.47 Å². The van der Waals surface area contributed by atoms with Gasteiger partial charge in [-0.25, -0.2) is 4.79 Å². The number of anilines is 1. The molecule has 2 atom stereocenters. The van der Waals surface area contributed by atoms with Crippen molar-refractivity contribution in [3.8, 4) is 5.75 Å². The van der Waals surface area contributed by atoms with Gasteiger partial charge in [0.15, 0.2) is 6.61 Å². The van der Waals surface area contributed by atoms with Crippen molar-refractivity contribution in [3.63, 3.8) is 0 Å². The van der Waals surface area contributed by atoms with Gasteiger partial charge in [0.25, 0.3) is 5.91 Å². The number of benzene rings is 1. The summed E-state index contributed by atoms with van der Waals surface area (Å²) in [6.07, 6.45) is 5.87. The van der Waals surface area contributed by atoms with Gasteiger partial charge in [-0.1, -0.05) is 15.9 Å². The normalized spacial score (nSPS) is 31.8. The van der Waals surface area contributed by atoms with Gasteiger partial charge in [-0.2, -0.15) is 0 Å². The Morgan fingerprint density at radius 3 is 2.34 bits per heavy atom. The number of amides is 3. The Bertz CT molecular complexity index is 811. The van der Waals surface area contributed by atoms with Crippen LogP contribution in [0, 0.1) is 17.3 Å². The fourth-order valence-electron chi connectivity index (χ4n) is 5.67. The van der Waals surface area contributed by atoms with Crippen LogP contribution in [0.5, 0.6) is 5.75 Å². The molecule has 4 fully saturated rings. The average Bonchev–Trinajstić information content (AvgIpc) is 2.64. The lowest BCUT2D eigenvalue weighted by molar-refractivity contribution is -0.171. The van der Waals surface area contributed by atoms with Crippen molar-refractivity contribution in [2.45, 2.75) is 42.8 Å². The number of ether oxygens (including phenoxy) is 2. The summed E-state index contributed by atoms with van der Waals surface area (Å²) < 4.78 is 10.4. The van der Waals surface area contributed by atoms with E-state index in [1.54, 1.807) is 31.4 Å². The minimum absolute atomic E-state index is 0.0383. The maximum Gasteiger partial charge on any atom is 0.325 e. The number of alkyl halides is 1. The van der Waals surface area contributed by atoms with E-state index in [1.165, 1.54) is 6.42 Å². The van der Waals surface area contributed by atoms with Gasteiger partial charge >= 0.3 is 12.0 Å². The molecule has 0 aromatic heterocycles. The molecule has 4 bridgehead atoms. The van der Waals surface area contributed by atoms with Gasteiger partial charge in [-0.3, -0.25) is 14.9 Å². The van der Waals surface area contributed by atoms with Crippen LogP contribution in [-0.2, 0) is 14.3 Å². The predicted octanol–water partition coefficient (Wildman–Crippen LogP) is 3.62. The Labute approximate surface area is 178 Å². The number of carbonyl (C=O) groups excluding carboxylic acids is 3. The number of carbonyl (C=O) groups is 3. The second-order valence-electron chi connectivity index (χ2n) is 8.70. The summed E-state index contributed by atoms with van der Waals surface area (Å²) in [7, 11) is 1.55. The molecule has 29 heavy (non-hydrogen) atoms. The van der Waals surface area contributed by atoms with Crippen LogP contribution in [0.2, 0.25) is 0 Å². The van der Waals surface area contributed by atoms with Crippen LogP contribution >= 0.6 is 15.9 Å². The average molecular weight is 465 g/mol. The van der Waals surface area contributed by atoms with Crippen LogP contribution in [0.3, 0.4) is 0 Å². The van der Waals surface area contributed by atoms with E-state index in [1.807, 2.05) is 0 Å². The molecule has 5 rings (SSSR count). The highest BCUT2D eigenvalue weighted by Crippen LogP contribution is 2.64. The lowest BCUT2D eigenvalue weighted by atomic mass is 9.49. The van der Waals surface area contributed by atoms with E-state index in [-0.39, 0.29) is 10.3 Å². The molecule has 0 spiro atoms. The van der Waals surface area contributed by atoms with Crippen molar-refractivity contribution >= 4 is 39.5 Å². The number of nitrogens with one attached hydrogen (secondary N) is 2. The van der Waals surface area contributed by atoms with Crippen molar-refractivity contribution < 1.29 is 23.9 Å². The third-order valence-electron chi connectivity index (χ3n) is 6.36. The number of imide groups is 1. The van der Waals surface area contributed by atoms with E-state index in [0.717, 1.165) is 32.1 Å². The lowest BCUT2D eigenvalue weighted by Gasteiger charge is -2.58. The van der Waals surface area contributed by atoms with Crippen LogP contribution in [0.1, 0.15) is 38.5 Å². The number of hydrogen-bond donors (Lipinski definition) is 2. The molecule has 1 aromatic carbocycles. The van der Waals surface area contributed by atoms with Gasteiger partial charge in [-0.05, 0) is 74.6 Å². The fraction of sp³-hybridized carbons (Fsp3) is 0.571. The summed E-state index contributed by atoms with van der Waals surface area (Å²) in [6.45, 7) is -0.457. The second-order valence-corrected chi connectivity index (χ2v) is 10.4. The first-order valence-electron chi connectivity index (χ1n) is 9.90. The molecule has 7 nitrogen and oxygen atoms in total.